The van der Waals surface area contributed by atoms with Gasteiger partial charge in [0.2, 0.25) is 5.95 Å². The van der Waals surface area contributed by atoms with Gasteiger partial charge in [-0.1, -0.05) is 6.92 Å². The van der Waals surface area contributed by atoms with Gasteiger partial charge in [0.1, 0.15) is 5.82 Å². The normalized spacial score (nSPS) is 20.0. The van der Waals surface area contributed by atoms with E-state index in [2.05, 4.69) is 22.2 Å². The first-order chi connectivity index (χ1) is 7.70. The summed E-state index contributed by atoms with van der Waals surface area (Å²) in [5, 5.41) is 3.39. The summed E-state index contributed by atoms with van der Waals surface area (Å²) in [4.78, 5) is 8.44. The highest BCUT2D eigenvalue weighted by atomic mass is 16.5. The minimum absolute atomic E-state index is 0.330. The summed E-state index contributed by atoms with van der Waals surface area (Å²) >= 11 is 0. The van der Waals surface area contributed by atoms with Crippen molar-refractivity contribution in [3.8, 4) is 0 Å². The number of hydrogen-bond donors (Lipinski definition) is 2. The molecular formula is C11H18N4O. The molecule has 2 rings (SSSR count). The lowest BCUT2D eigenvalue weighted by Gasteiger charge is -2.16. The summed E-state index contributed by atoms with van der Waals surface area (Å²) in [6.07, 6.45) is 1.92. The number of anilines is 2. The topological polar surface area (TPSA) is 73.1 Å². The fourth-order valence-electron chi connectivity index (χ4n) is 2.00. The number of aromatic nitrogens is 2. The van der Waals surface area contributed by atoms with Crippen LogP contribution in [0, 0.1) is 6.92 Å². The van der Waals surface area contributed by atoms with Crippen LogP contribution < -0.4 is 11.1 Å². The monoisotopic (exact) mass is 222 g/mol. The van der Waals surface area contributed by atoms with Gasteiger partial charge in [0, 0.05) is 17.9 Å². The third kappa shape index (κ3) is 2.24. The molecule has 16 heavy (non-hydrogen) atoms. The second-order valence-electron chi connectivity index (χ2n) is 4.05. The van der Waals surface area contributed by atoms with Crippen LogP contribution in [0.15, 0.2) is 0 Å². The molecule has 2 heterocycles. The Morgan fingerprint density at radius 1 is 1.50 bits per heavy atom. The van der Waals surface area contributed by atoms with Crippen molar-refractivity contribution in [2.75, 3.05) is 24.3 Å². The van der Waals surface area contributed by atoms with Gasteiger partial charge < -0.3 is 15.8 Å². The van der Waals surface area contributed by atoms with E-state index in [0.29, 0.717) is 12.0 Å². The van der Waals surface area contributed by atoms with Crippen LogP contribution in [0.3, 0.4) is 0 Å². The number of aryl methyl sites for hydroxylation is 1. The average molecular weight is 222 g/mol. The number of nitrogens with zero attached hydrogens (tertiary/aromatic N) is 2. The van der Waals surface area contributed by atoms with E-state index in [9.17, 15) is 0 Å². The van der Waals surface area contributed by atoms with E-state index in [1.165, 1.54) is 0 Å². The molecule has 0 radical (unpaired) electrons. The standard InChI is InChI=1S/C11H18N4O/c1-3-9-7(2)13-11(12)15-10(9)14-8-4-5-16-6-8/h8H,3-6H2,1-2H3,(H3,12,13,14,15). The van der Waals surface area contributed by atoms with Gasteiger partial charge in [-0.2, -0.15) is 4.98 Å². The number of rotatable bonds is 3. The molecule has 0 saturated carbocycles. The summed E-state index contributed by atoms with van der Waals surface area (Å²) in [6, 6.07) is 0.346. The van der Waals surface area contributed by atoms with Gasteiger partial charge in [-0.05, 0) is 19.8 Å². The summed E-state index contributed by atoms with van der Waals surface area (Å²) in [5.74, 6) is 1.19. The van der Waals surface area contributed by atoms with Crippen LogP contribution in [-0.2, 0) is 11.2 Å². The van der Waals surface area contributed by atoms with Gasteiger partial charge in [0.05, 0.1) is 12.6 Å². The maximum atomic E-state index is 5.66. The molecule has 0 bridgehead atoms. The largest absolute Gasteiger partial charge is 0.379 e. The van der Waals surface area contributed by atoms with Crippen LogP contribution in [-0.4, -0.2) is 29.2 Å². The summed E-state index contributed by atoms with van der Waals surface area (Å²) in [7, 11) is 0. The Balaban J connectivity index is 2.23. The molecule has 0 amide bonds. The van der Waals surface area contributed by atoms with Crippen LogP contribution in [0.25, 0.3) is 0 Å². The Morgan fingerprint density at radius 2 is 2.31 bits per heavy atom. The number of nitrogens with one attached hydrogen (secondary N) is 1. The molecule has 1 fully saturated rings. The van der Waals surface area contributed by atoms with Crippen molar-refractivity contribution in [1.29, 1.82) is 0 Å². The molecule has 1 saturated heterocycles. The molecule has 1 atom stereocenters. The maximum Gasteiger partial charge on any atom is 0.222 e. The van der Waals surface area contributed by atoms with Crippen molar-refractivity contribution in [3.05, 3.63) is 11.3 Å². The minimum atomic E-state index is 0.330. The first kappa shape index (κ1) is 11.1. The van der Waals surface area contributed by atoms with Crippen molar-refractivity contribution in [2.45, 2.75) is 32.7 Å². The second kappa shape index (κ2) is 4.65. The van der Waals surface area contributed by atoms with E-state index >= 15 is 0 Å². The van der Waals surface area contributed by atoms with Crippen LogP contribution in [0.2, 0.25) is 0 Å². The third-order valence-electron chi connectivity index (χ3n) is 2.86. The van der Waals surface area contributed by atoms with Crippen molar-refractivity contribution >= 4 is 11.8 Å². The van der Waals surface area contributed by atoms with Crippen molar-refractivity contribution in [2.24, 2.45) is 0 Å². The quantitative estimate of drug-likeness (QED) is 0.802. The highest BCUT2D eigenvalue weighted by molar-refractivity contribution is 5.50. The Morgan fingerprint density at radius 3 is 2.94 bits per heavy atom. The molecule has 1 aromatic rings. The predicted molar refractivity (Wildman–Crippen MR) is 63.4 cm³/mol. The number of nitrogen functional groups attached to an aromatic ring is 1. The molecule has 0 spiro atoms. The summed E-state index contributed by atoms with van der Waals surface area (Å²) in [6.45, 7) is 5.62. The highest BCUT2D eigenvalue weighted by Crippen LogP contribution is 2.20. The molecule has 1 aliphatic heterocycles. The Bertz CT molecular complexity index is 374. The molecule has 88 valence electrons. The minimum Gasteiger partial charge on any atom is -0.379 e. The van der Waals surface area contributed by atoms with E-state index in [0.717, 1.165) is 43.1 Å². The zero-order valence-electron chi connectivity index (χ0n) is 9.79. The molecule has 1 unspecified atom stereocenters. The van der Waals surface area contributed by atoms with Crippen LogP contribution in [0.1, 0.15) is 24.6 Å². The zero-order chi connectivity index (χ0) is 11.5. The first-order valence-corrected chi connectivity index (χ1v) is 5.68. The molecule has 5 nitrogen and oxygen atoms in total. The van der Waals surface area contributed by atoms with Crippen LogP contribution in [0.4, 0.5) is 11.8 Å². The molecular weight excluding hydrogens is 204 g/mol. The van der Waals surface area contributed by atoms with Gasteiger partial charge in [0.25, 0.3) is 0 Å². The number of hydrogen-bond acceptors (Lipinski definition) is 5. The summed E-state index contributed by atoms with van der Waals surface area (Å²) in [5.41, 5.74) is 7.76. The Hall–Kier alpha value is -1.36. The van der Waals surface area contributed by atoms with Crippen molar-refractivity contribution in [3.63, 3.8) is 0 Å². The van der Waals surface area contributed by atoms with Gasteiger partial charge in [-0.3, -0.25) is 0 Å². The molecule has 1 aliphatic rings. The molecule has 3 N–H and O–H groups in total. The smallest absolute Gasteiger partial charge is 0.222 e. The maximum absolute atomic E-state index is 5.66. The average Bonchev–Trinajstić information content (AvgIpc) is 2.70. The van der Waals surface area contributed by atoms with Gasteiger partial charge >= 0.3 is 0 Å². The number of nitrogens with two attached hydrogens (primary N) is 1. The SMILES string of the molecule is CCc1c(C)nc(N)nc1NC1CCOC1. The summed E-state index contributed by atoms with van der Waals surface area (Å²) < 4.78 is 5.33. The molecule has 1 aromatic heterocycles. The number of ether oxygens (including phenoxy) is 1. The van der Waals surface area contributed by atoms with Crippen LogP contribution in [0.5, 0.6) is 0 Å². The fraction of sp³-hybridized carbons (Fsp3) is 0.636. The van der Waals surface area contributed by atoms with Crippen molar-refractivity contribution < 1.29 is 4.74 Å². The van der Waals surface area contributed by atoms with Gasteiger partial charge in [-0.15, -0.1) is 0 Å². The molecule has 0 aromatic carbocycles. The zero-order valence-corrected chi connectivity index (χ0v) is 9.79. The van der Waals surface area contributed by atoms with E-state index < -0.39 is 0 Å². The van der Waals surface area contributed by atoms with Crippen LogP contribution >= 0.6 is 0 Å². The third-order valence-corrected chi connectivity index (χ3v) is 2.86. The second-order valence-corrected chi connectivity index (χ2v) is 4.05. The lowest BCUT2D eigenvalue weighted by atomic mass is 10.1. The Kier molecular flexibility index (Phi) is 3.24. The van der Waals surface area contributed by atoms with E-state index in [-0.39, 0.29) is 0 Å². The van der Waals surface area contributed by atoms with E-state index in [1.54, 1.807) is 0 Å². The molecule has 0 aliphatic carbocycles. The molecule has 5 heteroatoms. The van der Waals surface area contributed by atoms with Gasteiger partial charge in [0.15, 0.2) is 0 Å². The first-order valence-electron chi connectivity index (χ1n) is 5.68. The Labute approximate surface area is 95.4 Å². The van der Waals surface area contributed by atoms with E-state index in [1.807, 2.05) is 6.92 Å². The fourth-order valence-corrected chi connectivity index (χ4v) is 2.00. The van der Waals surface area contributed by atoms with E-state index in [4.69, 9.17) is 10.5 Å². The lowest BCUT2D eigenvalue weighted by molar-refractivity contribution is 0.195. The van der Waals surface area contributed by atoms with Gasteiger partial charge in [-0.25, -0.2) is 4.98 Å². The highest BCUT2D eigenvalue weighted by Gasteiger charge is 2.18. The lowest BCUT2D eigenvalue weighted by Crippen LogP contribution is -2.21. The van der Waals surface area contributed by atoms with Crippen molar-refractivity contribution in [1.82, 2.24) is 9.97 Å². The predicted octanol–water partition coefficient (Wildman–Crippen LogP) is 1.13.